The van der Waals surface area contributed by atoms with E-state index in [1.165, 1.54) is 6.42 Å². The average molecular weight is 286 g/mol. The number of likely N-dealkylation sites (tertiary alicyclic amines) is 1. The Morgan fingerprint density at radius 3 is 3.14 bits per heavy atom. The van der Waals surface area contributed by atoms with Gasteiger partial charge >= 0.3 is 0 Å². The molecule has 6 heteroatoms. The fourth-order valence-electron chi connectivity index (χ4n) is 3.37. The van der Waals surface area contributed by atoms with Gasteiger partial charge in [0.2, 0.25) is 0 Å². The number of aromatic nitrogens is 2. The highest BCUT2D eigenvalue weighted by Crippen LogP contribution is 2.23. The van der Waals surface area contributed by atoms with E-state index in [-0.39, 0.29) is 5.91 Å². The molecule has 0 spiro atoms. The minimum Gasteiger partial charge on any atom is -0.337 e. The molecule has 0 aliphatic carbocycles. The predicted molar refractivity (Wildman–Crippen MR) is 77.0 cm³/mol. The van der Waals surface area contributed by atoms with E-state index in [0.717, 1.165) is 37.0 Å². The summed E-state index contributed by atoms with van der Waals surface area (Å²) in [5, 5.41) is 8.29. The van der Waals surface area contributed by atoms with E-state index < -0.39 is 0 Å². The van der Waals surface area contributed by atoms with Crippen molar-refractivity contribution in [1.29, 1.82) is 0 Å². The second-order valence-corrected chi connectivity index (χ2v) is 6.02. The fourth-order valence-corrected chi connectivity index (χ4v) is 3.37. The zero-order chi connectivity index (χ0) is 14.4. The van der Waals surface area contributed by atoms with Crippen molar-refractivity contribution in [3.63, 3.8) is 0 Å². The minimum atomic E-state index is 0.0550. The molecule has 1 N–H and O–H groups in total. The van der Waals surface area contributed by atoms with Crippen LogP contribution < -0.4 is 5.32 Å². The highest BCUT2D eigenvalue weighted by molar-refractivity contribution is 5.97. The van der Waals surface area contributed by atoms with Crippen molar-refractivity contribution in [1.82, 2.24) is 20.4 Å². The Morgan fingerprint density at radius 2 is 2.24 bits per heavy atom. The smallest absolute Gasteiger partial charge is 0.257 e. The molecule has 21 heavy (non-hydrogen) atoms. The Labute approximate surface area is 122 Å². The topological polar surface area (TPSA) is 71.3 Å². The SMILES string of the molecule is Cc1noc2ncc(C(=O)N3CCC4CCC(C3)N4)cc12. The molecule has 2 bridgehead atoms. The molecule has 2 aliphatic heterocycles. The third-order valence-corrected chi connectivity index (χ3v) is 4.57. The molecule has 6 nitrogen and oxygen atoms in total. The van der Waals surface area contributed by atoms with Gasteiger partial charge in [0.15, 0.2) is 0 Å². The van der Waals surface area contributed by atoms with Gasteiger partial charge < -0.3 is 14.7 Å². The first-order chi connectivity index (χ1) is 10.2. The van der Waals surface area contributed by atoms with Gasteiger partial charge in [0.1, 0.15) is 0 Å². The number of carbonyl (C=O) groups is 1. The molecule has 2 fully saturated rings. The van der Waals surface area contributed by atoms with Crippen LogP contribution in [0.3, 0.4) is 0 Å². The Bertz CT molecular complexity index is 696. The monoisotopic (exact) mass is 286 g/mol. The molecule has 2 atom stereocenters. The van der Waals surface area contributed by atoms with Crippen molar-refractivity contribution < 1.29 is 9.32 Å². The number of nitrogens with one attached hydrogen (secondary N) is 1. The van der Waals surface area contributed by atoms with E-state index in [2.05, 4.69) is 15.5 Å². The number of hydrogen-bond donors (Lipinski definition) is 1. The number of hydrogen-bond acceptors (Lipinski definition) is 5. The van der Waals surface area contributed by atoms with Gasteiger partial charge in [-0.05, 0) is 32.3 Å². The molecule has 2 unspecified atom stereocenters. The lowest BCUT2D eigenvalue weighted by atomic mass is 10.1. The number of nitrogens with zero attached hydrogens (tertiary/aromatic N) is 3. The number of amides is 1. The van der Waals surface area contributed by atoms with E-state index in [4.69, 9.17) is 4.52 Å². The summed E-state index contributed by atoms with van der Waals surface area (Å²) < 4.78 is 5.09. The molecule has 110 valence electrons. The first-order valence-corrected chi connectivity index (χ1v) is 7.48. The molecule has 0 saturated carbocycles. The molecule has 2 saturated heterocycles. The van der Waals surface area contributed by atoms with Crippen molar-refractivity contribution in [2.24, 2.45) is 0 Å². The Kier molecular flexibility index (Phi) is 2.92. The zero-order valence-electron chi connectivity index (χ0n) is 12.0. The maximum Gasteiger partial charge on any atom is 0.257 e. The summed E-state index contributed by atoms with van der Waals surface area (Å²) in [5.74, 6) is 0.0550. The predicted octanol–water partition coefficient (Wildman–Crippen LogP) is 1.50. The summed E-state index contributed by atoms with van der Waals surface area (Å²) in [4.78, 5) is 18.9. The lowest BCUT2D eigenvalue weighted by Crippen LogP contribution is -2.39. The van der Waals surface area contributed by atoms with Crippen LogP contribution in [0.1, 0.15) is 35.3 Å². The van der Waals surface area contributed by atoms with Gasteiger partial charge in [0.05, 0.1) is 16.6 Å². The molecule has 0 radical (unpaired) electrons. The first-order valence-electron chi connectivity index (χ1n) is 7.48. The maximum atomic E-state index is 12.7. The lowest BCUT2D eigenvalue weighted by Gasteiger charge is -2.24. The van der Waals surface area contributed by atoms with Crippen LogP contribution in [0.5, 0.6) is 0 Å². The van der Waals surface area contributed by atoms with E-state index in [0.29, 0.717) is 23.4 Å². The number of pyridine rings is 1. The summed E-state index contributed by atoms with van der Waals surface area (Å²) in [6, 6.07) is 2.86. The summed E-state index contributed by atoms with van der Waals surface area (Å²) in [6.07, 6.45) is 5.02. The lowest BCUT2D eigenvalue weighted by molar-refractivity contribution is 0.0748. The quantitative estimate of drug-likeness (QED) is 0.860. The van der Waals surface area contributed by atoms with Gasteiger partial charge in [0.25, 0.3) is 11.6 Å². The molecular weight excluding hydrogens is 268 g/mol. The summed E-state index contributed by atoms with van der Waals surface area (Å²) >= 11 is 0. The highest BCUT2D eigenvalue weighted by Gasteiger charge is 2.31. The normalized spacial score (nSPS) is 25.3. The average Bonchev–Trinajstić information content (AvgIpc) is 3.01. The van der Waals surface area contributed by atoms with Crippen LogP contribution in [-0.2, 0) is 0 Å². The van der Waals surface area contributed by atoms with Crippen LogP contribution >= 0.6 is 0 Å². The van der Waals surface area contributed by atoms with Gasteiger partial charge in [-0.1, -0.05) is 5.16 Å². The maximum absolute atomic E-state index is 12.7. The Hall–Kier alpha value is -1.95. The highest BCUT2D eigenvalue weighted by atomic mass is 16.5. The Balaban J connectivity index is 1.61. The van der Waals surface area contributed by atoms with Gasteiger partial charge in [-0.25, -0.2) is 4.98 Å². The molecule has 0 aromatic carbocycles. The molecule has 4 heterocycles. The van der Waals surface area contributed by atoms with E-state index in [9.17, 15) is 4.79 Å². The number of fused-ring (bicyclic) bond motifs is 3. The summed E-state index contributed by atoms with van der Waals surface area (Å²) in [7, 11) is 0. The number of aryl methyl sites for hydroxylation is 1. The van der Waals surface area contributed by atoms with E-state index in [1.54, 1.807) is 6.20 Å². The molecule has 2 aromatic rings. The number of rotatable bonds is 1. The van der Waals surface area contributed by atoms with Crippen molar-refractivity contribution in [3.05, 3.63) is 23.5 Å². The van der Waals surface area contributed by atoms with Crippen molar-refractivity contribution in [3.8, 4) is 0 Å². The molecular formula is C15H18N4O2. The van der Waals surface area contributed by atoms with Crippen LogP contribution in [-0.4, -0.2) is 46.1 Å². The molecule has 4 rings (SSSR count). The fraction of sp³-hybridized carbons (Fsp3) is 0.533. The summed E-state index contributed by atoms with van der Waals surface area (Å²) in [6.45, 7) is 3.46. The standard InChI is InChI=1S/C15H18N4O2/c1-9-13-6-10(7-16-14(13)21-18-9)15(20)19-5-4-11-2-3-12(8-19)17-11/h6-7,11-12,17H,2-5,8H2,1H3. The van der Waals surface area contributed by atoms with Crippen LogP contribution in [0, 0.1) is 6.92 Å². The second kappa shape index (κ2) is 4.80. The van der Waals surface area contributed by atoms with Gasteiger partial charge in [-0.2, -0.15) is 0 Å². The second-order valence-electron chi connectivity index (χ2n) is 6.02. The van der Waals surface area contributed by atoms with Gasteiger partial charge in [0, 0.05) is 31.4 Å². The van der Waals surface area contributed by atoms with Crippen LogP contribution in [0.15, 0.2) is 16.8 Å². The first kappa shape index (κ1) is 12.8. The largest absolute Gasteiger partial charge is 0.337 e. The third kappa shape index (κ3) is 2.19. The Morgan fingerprint density at radius 1 is 1.38 bits per heavy atom. The van der Waals surface area contributed by atoms with Crippen LogP contribution in [0.2, 0.25) is 0 Å². The number of carbonyl (C=O) groups excluding carboxylic acids is 1. The van der Waals surface area contributed by atoms with Gasteiger partial charge in [-0.3, -0.25) is 4.79 Å². The van der Waals surface area contributed by atoms with Crippen LogP contribution in [0.25, 0.3) is 11.1 Å². The molecule has 2 aromatic heterocycles. The van der Waals surface area contributed by atoms with Crippen LogP contribution in [0.4, 0.5) is 0 Å². The van der Waals surface area contributed by atoms with Crippen molar-refractivity contribution >= 4 is 17.0 Å². The van der Waals surface area contributed by atoms with E-state index in [1.807, 2.05) is 17.9 Å². The molecule has 2 aliphatic rings. The third-order valence-electron chi connectivity index (χ3n) is 4.57. The minimum absolute atomic E-state index is 0.0550. The van der Waals surface area contributed by atoms with E-state index >= 15 is 0 Å². The molecule has 1 amide bonds. The van der Waals surface area contributed by atoms with Gasteiger partial charge in [-0.15, -0.1) is 0 Å². The zero-order valence-corrected chi connectivity index (χ0v) is 12.0. The van der Waals surface area contributed by atoms with Crippen molar-refractivity contribution in [2.75, 3.05) is 13.1 Å². The van der Waals surface area contributed by atoms with Crippen molar-refractivity contribution in [2.45, 2.75) is 38.3 Å². The summed E-state index contributed by atoms with van der Waals surface area (Å²) in [5.41, 5.74) is 1.87.